The summed E-state index contributed by atoms with van der Waals surface area (Å²) < 4.78 is 0. The van der Waals surface area contributed by atoms with Crippen LogP contribution in [0.1, 0.15) is 37.3 Å². The van der Waals surface area contributed by atoms with Crippen LogP contribution in [0.2, 0.25) is 0 Å². The number of nitrogens with one attached hydrogen (secondary N) is 1. The fraction of sp³-hybridized carbons (Fsp3) is 0.538. The van der Waals surface area contributed by atoms with Gasteiger partial charge < -0.3 is 5.32 Å². The number of benzene rings is 1. The Kier molecular flexibility index (Phi) is 4.68. The molecule has 0 fully saturated rings. The molecule has 0 aliphatic rings. The zero-order valence-corrected chi connectivity index (χ0v) is 9.51. The maximum Gasteiger partial charge on any atom is -0.00433 e. The summed E-state index contributed by atoms with van der Waals surface area (Å²) in [7, 11) is 0. The lowest BCUT2D eigenvalue weighted by Crippen LogP contribution is -2.15. The van der Waals surface area contributed by atoms with Gasteiger partial charge in [0, 0.05) is 0 Å². The van der Waals surface area contributed by atoms with Crippen molar-refractivity contribution in [2.75, 3.05) is 13.1 Å². The van der Waals surface area contributed by atoms with Gasteiger partial charge in [0.05, 0.1) is 0 Å². The molecule has 0 saturated carbocycles. The molecule has 1 aromatic rings. The molecule has 0 aromatic heterocycles. The molecule has 0 amide bonds. The average molecular weight is 191 g/mol. The molecule has 0 aliphatic carbocycles. The summed E-state index contributed by atoms with van der Waals surface area (Å²) in [6.45, 7) is 8.79. The predicted octanol–water partition coefficient (Wildman–Crippen LogP) is 3.10. The Morgan fingerprint density at radius 1 is 1.36 bits per heavy atom. The molecule has 1 rings (SSSR count). The Balaban J connectivity index is 2.47. The first-order valence-electron chi connectivity index (χ1n) is 5.51. The van der Waals surface area contributed by atoms with Crippen molar-refractivity contribution in [3.05, 3.63) is 35.4 Å². The molecule has 14 heavy (non-hydrogen) atoms. The highest BCUT2D eigenvalue weighted by Gasteiger charge is 2.04. The molecule has 0 radical (unpaired) electrons. The van der Waals surface area contributed by atoms with Gasteiger partial charge in [0.1, 0.15) is 0 Å². The molecule has 0 aliphatic heterocycles. The monoisotopic (exact) mass is 191 g/mol. The van der Waals surface area contributed by atoms with Crippen LogP contribution in [0, 0.1) is 6.92 Å². The molecule has 1 nitrogen and oxygen atoms in total. The lowest BCUT2D eigenvalue weighted by molar-refractivity contribution is 0.608. The highest BCUT2D eigenvalue weighted by molar-refractivity contribution is 5.24. The third-order valence-corrected chi connectivity index (χ3v) is 2.62. The fourth-order valence-electron chi connectivity index (χ4n) is 1.64. The van der Waals surface area contributed by atoms with E-state index in [2.05, 4.69) is 50.4 Å². The van der Waals surface area contributed by atoms with Gasteiger partial charge in [-0.2, -0.15) is 0 Å². The van der Waals surface area contributed by atoms with Crippen LogP contribution in [-0.4, -0.2) is 13.1 Å². The zero-order chi connectivity index (χ0) is 10.4. The van der Waals surface area contributed by atoms with E-state index >= 15 is 0 Å². The normalized spacial score (nSPS) is 12.8. The third-order valence-electron chi connectivity index (χ3n) is 2.62. The van der Waals surface area contributed by atoms with E-state index in [1.54, 1.807) is 0 Å². The van der Waals surface area contributed by atoms with Crippen LogP contribution >= 0.6 is 0 Å². The van der Waals surface area contributed by atoms with E-state index in [1.165, 1.54) is 17.5 Å². The Hall–Kier alpha value is -0.820. The average Bonchev–Trinajstić information content (AvgIpc) is 2.18. The second-order valence-electron chi connectivity index (χ2n) is 3.96. The second kappa shape index (κ2) is 5.82. The van der Waals surface area contributed by atoms with Gasteiger partial charge in [0.2, 0.25) is 0 Å². The summed E-state index contributed by atoms with van der Waals surface area (Å²) in [5.74, 6) is 0.661. The van der Waals surface area contributed by atoms with Gasteiger partial charge >= 0.3 is 0 Å². The van der Waals surface area contributed by atoms with Crippen LogP contribution in [0.15, 0.2) is 24.3 Å². The standard InChI is InChI=1S/C13H21N/c1-4-14-9-8-12(3)13-7-5-6-11(2)10-13/h5-7,10,12,14H,4,8-9H2,1-3H3. The van der Waals surface area contributed by atoms with E-state index in [1.807, 2.05) is 0 Å². The topological polar surface area (TPSA) is 12.0 Å². The lowest BCUT2D eigenvalue weighted by atomic mass is 9.96. The number of hydrogen-bond donors (Lipinski definition) is 1. The molecule has 1 atom stereocenters. The first-order chi connectivity index (χ1) is 6.74. The summed E-state index contributed by atoms with van der Waals surface area (Å²) in [6, 6.07) is 8.81. The molecule has 0 heterocycles. The summed E-state index contributed by atoms with van der Waals surface area (Å²) in [6.07, 6.45) is 1.22. The van der Waals surface area contributed by atoms with Crippen molar-refractivity contribution in [3.8, 4) is 0 Å². The summed E-state index contributed by atoms with van der Waals surface area (Å²) in [5.41, 5.74) is 2.82. The van der Waals surface area contributed by atoms with E-state index in [-0.39, 0.29) is 0 Å². The Bertz CT molecular complexity index is 268. The second-order valence-corrected chi connectivity index (χ2v) is 3.96. The first-order valence-corrected chi connectivity index (χ1v) is 5.51. The molecule has 0 spiro atoms. The lowest BCUT2D eigenvalue weighted by Gasteiger charge is -2.12. The zero-order valence-electron chi connectivity index (χ0n) is 9.51. The smallest absolute Gasteiger partial charge is 0.00433 e. The molecule has 0 saturated heterocycles. The van der Waals surface area contributed by atoms with Gasteiger partial charge in [0.25, 0.3) is 0 Å². The van der Waals surface area contributed by atoms with Gasteiger partial charge in [-0.15, -0.1) is 0 Å². The Morgan fingerprint density at radius 3 is 2.79 bits per heavy atom. The van der Waals surface area contributed by atoms with Gasteiger partial charge in [-0.3, -0.25) is 0 Å². The van der Waals surface area contributed by atoms with Crippen LogP contribution in [0.5, 0.6) is 0 Å². The van der Waals surface area contributed by atoms with Gasteiger partial charge in [-0.05, 0) is 37.9 Å². The summed E-state index contributed by atoms with van der Waals surface area (Å²) >= 11 is 0. The number of rotatable bonds is 5. The van der Waals surface area contributed by atoms with Gasteiger partial charge in [0.15, 0.2) is 0 Å². The maximum absolute atomic E-state index is 3.36. The third kappa shape index (κ3) is 3.51. The summed E-state index contributed by atoms with van der Waals surface area (Å²) in [5, 5.41) is 3.36. The van der Waals surface area contributed by atoms with Crippen molar-refractivity contribution >= 4 is 0 Å². The molecule has 1 unspecified atom stereocenters. The van der Waals surface area contributed by atoms with Crippen molar-refractivity contribution in [1.29, 1.82) is 0 Å². The minimum absolute atomic E-state index is 0.661. The first kappa shape index (κ1) is 11.3. The van der Waals surface area contributed by atoms with Crippen molar-refractivity contribution in [2.24, 2.45) is 0 Å². The van der Waals surface area contributed by atoms with Crippen molar-refractivity contribution in [2.45, 2.75) is 33.1 Å². The fourth-order valence-corrected chi connectivity index (χ4v) is 1.64. The highest BCUT2D eigenvalue weighted by Crippen LogP contribution is 2.18. The molecule has 1 N–H and O–H groups in total. The SMILES string of the molecule is CCNCCC(C)c1cccc(C)c1. The summed E-state index contributed by atoms with van der Waals surface area (Å²) in [4.78, 5) is 0. The van der Waals surface area contributed by atoms with E-state index in [9.17, 15) is 0 Å². The van der Waals surface area contributed by atoms with Crippen LogP contribution < -0.4 is 5.32 Å². The van der Waals surface area contributed by atoms with Gasteiger partial charge in [-0.1, -0.05) is 43.7 Å². The van der Waals surface area contributed by atoms with Crippen molar-refractivity contribution < 1.29 is 0 Å². The van der Waals surface area contributed by atoms with E-state index in [4.69, 9.17) is 0 Å². The molecule has 78 valence electrons. The quantitative estimate of drug-likeness (QED) is 0.705. The largest absolute Gasteiger partial charge is 0.317 e. The van der Waals surface area contributed by atoms with Crippen LogP contribution in [0.25, 0.3) is 0 Å². The van der Waals surface area contributed by atoms with E-state index in [0.717, 1.165) is 13.1 Å². The molecular weight excluding hydrogens is 170 g/mol. The van der Waals surface area contributed by atoms with E-state index in [0.29, 0.717) is 5.92 Å². The number of hydrogen-bond acceptors (Lipinski definition) is 1. The maximum atomic E-state index is 3.36. The highest BCUT2D eigenvalue weighted by atomic mass is 14.8. The molecule has 1 heteroatoms. The van der Waals surface area contributed by atoms with Crippen LogP contribution in [-0.2, 0) is 0 Å². The van der Waals surface area contributed by atoms with E-state index < -0.39 is 0 Å². The van der Waals surface area contributed by atoms with Crippen molar-refractivity contribution in [1.82, 2.24) is 5.32 Å². The van der Waals surface area contributed by atoms with Gasteiger partial charge in [-0.25, -0.2) is 0 Å². The Morgan fingerprint density at radius 2 is 2.14 bits per heavy atom. The minimum atomic E-state index is 0.661. The number of aryl methyl sites for hydroxylation is 1. The molecule has 1 aromatic carbocycles. The molecule has 0 bridgehead atoms. The molecular formula is C13H21N. The predicted molar refractivity (Wildman–Crippen MR) is 62.8 cm³/mol. The minimum Gasteiger partial charge on any atom is -0.317 e. The van der Waals surface area contributed by atoms with Crippen molar-refractivity contribution in [3.63, 3.8) is 0 Å². The van der Waals surface area contributed by atoms with Crippen LogP contribution in [0.3, 0.4) is 0 Å². The Labute approximate surface area is 87.5 Å². The van der Waals surface area contributed by atoms with Crippen LogP contribution in [0.4, 0.5) is 0 Å².